The predicted molar refractivity (Wildman–Crippen MR) is 63.4 cm³/mol. The molecule has 0 unspecified atom stereocenters. The van der Waals surface area contributed by atoms with Crippen LogP contribution in [0.1, 0.15) is 32.6 Å². The third kappa shape index (κ3) is 2.74. The number of hydrogen-bond donors (Lipinski definition) is 2. The Labute approximate surface area is 97.8 Å². The van der Waals surface area contributed by atoms with Gasteiger partial charge in [-0.1, -0.05) is 0 Å². The zero-order valence-electron chi connectivity index (χ0n) is 9.83. The first kappa shape index (κ1) is 12.3. The smallest absolute Gasteiger partial charge is 0.279 e. The molecule has 0 bridgehead atoms. The average molecular weight is 247 g/mol. The van der Waals surface area contributed by atoms with E-state index in [9.17, 15) is 8.42 Å². The van der Waals surface area contributed by atoms with Crippen molar-refractivity contribution in [2.75, 3.05) is 26.2 Å². The minimum atomic E-state index is -3.26. The quantitative estimate of drug-likeness (QED) is 0.741. The third-order valence-electron chi connectivity index (χ3n) is 3.49. The second kappa shape index (κ2) is 4.60. The van der Waals surface area contributed by atoms with Crippen LogP contribution in [0.5, 0.6) is 0 Å². The maximum atomic E-state index is 12.1. The van der Waals surface area contributed by atoms with Crippen LogP contribution in [0.3, 0.4) is 0 Å². The fraction of sp³-hybridized carbons (Fsp3) is 1.00. The van der Waals surface area contributed by atoms with E-state index in [4.69, 9.17) is 0 Å². The zero-order chi connectivity index (χ0) is 11.6. The zero-order valence-corrected chi connectivity index (χ0v) is 10.6. The van der Waals surface area contributed by atoms with E-state index in [-0.39, 0.29) is 5.54 Å². The third-order valence-corrected chi connectivity index (χ3v) is 5.28. The Morgan fingerprint density at radius 3 is 2.31 bits per heavy atom. The van der Waals surface area contributed by atoms with Crippen LogP contribution in [-0.2, 0) is 10.2 Å². The summed E-state index contributed by atoms with van der Waals surface area (Å²) in [5, 5.41) is 3.25. The van der Waals surface area contributed by atoms with Gasteiger partial charge in [-0.25, -0.2) is 0 Å². The van der Waals surface area contributed by atoms with Crippen LogP contribution < -0.4 is 10.0 Å². The van der Waals surface area contributed by atoms with Crippen LogP contribution >= 0.6 is 0 Å². The molecule has 2 fully saturated rings. The van der Waals surface area contributed by atoms with Crippen LogP contribution in [0.15, 0.2) is 0 Å². The molecule has 0 aliphatic carbocycles. The largest absolute Gasteiger partial charge is 0.317 e. The van der Waals surface area contributed by atoms with Gasteiger partial charge in [0.05, 0.1) is 0 Å². The molecule has 2 heterocycles. The number of nitrogens with zero attached hydrogens (tertiary/aromatic N) is 1. The second-order valence-corrected chi connectivity index (χ2v) is 6.69. The molecule has 2 aliphatic heterocycles. The van der Waals surface area contributed by atoms with Crippen LogP contribution in [0, 0.1) is 0 Å². The highest BCUT2D eigenvalue weighted by Gasteiger charge is 2.35. The first-order chi connectivity index (χ1) is 7.52. The van der Waals surface area contributed by atoms with E-state index in [1.807, 2.05) is 6.92 Å². The van der Waals surface area contributed by atoms with Crippen molar-refractivity contribution in [3.8, 4) is 0 Å². The van der Waals surface area contributed by atoms with Gasteiger partial charge in [-0.2, -0.15) is 17.4 Å². The lowest BCUT2D eigenvalue weighted by Gasteiger charge is -2.35. The van der Waals surface area contributed by atoms with Gasteiger partial charge in [-0.15, -0.1) is 0 Å². The SMILES string of the molecule is CC1(NS(=O)(=O)N2CCCC2)CCNCC1. The highest BCUT2D eigenvalue weighted by Crippen LogP contribution is 2.21. The van der Waals surface area contributed by atoms with Crippen LogP contribution in [0.25, 0.3) is 0 Å². The Hall–Kier alpha value is -0.170. The molecule has 16 heavy (non-hydrogen) atoms. The summed E-state index contributed by atoms with van der Waals surface area (Å²) < 4.78 is 28.6. The molecule has 0 radical (unpaired) electrons. The topological polar surface area (TPSA) is 61.4 Å². The lowest BCUT2D eigenvalue weighted by atomic mass is 9.92. The van der Waals surface area contributed by atoms with E-state index in [1.165, 1.54) is 0 Å². The van der Waals surface area contributed by atoms with Gasteiger partial charge < -0.3 is 5.32 Å². The van der Waals surface area contributed by atoms with Crippen molar-refractivity contribution in [1.29, 1.82) is 0 Å². The summed E-state index contributed by atoms with van der Waals surface area (Å²) in [6.45, 7) is 5.12. The van der Waals surface area contributed by atoms with Crippen molar-refractivity contribution < 1.29 is 8.42 Å². The standard InChI is InChI=1S/C10H21N3O2S/c1-10(4-6-11-7-5-10)12-16(14,15)13-8-2-3-9-13/h11-12H,2-9H2,1H3. The molecule has 2 saturated heterocycles. The summed E-state index contributed by atoms with van der Waals surface area (Å²) in [6, 6.07) is 0. The minimum Gasteiger partial charge on any atom is -0.317 e. The van der Waals surface area contributed by atoms with E-state index in [1.54, 1.807) is 4.31 Å². The van der Waals surface area contributed by atoms with Gasteiger partial charge in [0.2, 0.25) is 0 Å². The van der Waals surface area contributed by atoms with Gasteiger partial charge in [-0.3, -0.25) is 0 Å². The van der Waals surface area contributed by atoms with Gasteiger partial charge in [0, 0.05) is 18.6 Å². The molecule has 2 N–H and O–H groups in total. The van der Waals surface area contributed by atoms with Gasteiger partial charge in [0.15, 0.2) is 0 Å². The number of hydrogen-bond acceptors (Lipinski definition) is 3. The molecule has 0 spiro atoms. The highest BCUT2D eigenvalue weighted by atomic mass is 32.2. The molecule has 0 amide bonds. The minimum absolute atomic E-state index is 0.271. The van der Waals surface area contributed by atoms with Crippen molar-refractivity contribution in [2.45, 2.75) is 38.1 Å². The predicted octanol–water partition coefficient (Wildman–Crippen LogP) is 0.0587. The fourth-order valence-corrected chi connectivity index (χ4v) is 4.08. The van der Waals surface area contributed by atoms with Crippen LogP contribution in [0.2, 0.25) is 0 Å². The lowest BCUT2D eigenvalue weighted by molar-refractivity contribution is 0.299. The van der Waals surface area contributed by atoms with Crippen molar-refractivity contribution in [3.05, 3.63) is 0 Å². The molecular formula is C10H21N3O2S. The Morgan fingerprint density at radius 1 is 1.19 bits per heavy atom. The Kier molecular flexibility index (Phi) is 3.53. The summed E-state index contributed by atoms with van der Waals surface area (Å²) in [5.74, 6) is 0. The van der Waals surface area contributed by atoms with Gasteiger partial charge in [-0.05, 0) is 45.7 Å². The maximum absolute atomic E-state index is 12.1. The summed E-state index contributed by atoms with van der Waals surface area (Å²) >= 11 is 0. The highest BCUT2D eigenvalue weighted by molar-refractivity contribution is 7.87. The van der Waals surface area contributed by atoms with Gasteiger partial charge in [0.25, 0.3) is 10.2 Å². The summed E-state index contributed by atoms with van der Waals surface area (Å²) in [4.78, 5) is 0. The monoisotopic (exact) mass is 247 g/mol. The molecule has 2 rings (SSSR count). The van der Waals surface area contributed by atoms with Crippen molar-refractivity contribution >= 4 is 10.2 Å². The molecular weight excluding hydrogens is 226 g/mol. The van der Waals surface area contributed by atoms with Gasteiger partial charge in [0.1, 0.15) is 0 Å². The summed E-state index contributed by atoms with van der Waals surface area (Å²) in [7, 11) is -3.26. The van der Waals surface area contributed by atoms with Crippen molar-refractivity contribution in [1.82, 2.24) is 14.3 Å². The molecule has 0 aromatic carbocycles. The Bertz CT molecular complexity index is 330. The normalized spacial score (nSPS) is 27.1. The molecule has 6 heteroatoms. The molecule has 94 valence electrons. The summed E-state index contributed by atoms with van der Waals surface area (Å²) in [6.07, 6.45) is 3.69. The van der Waals surface area contributed by atoms with E-state index < -0.39 is 10.2 Å². The van der Waals surface area contributed by atoms with Crippen molar-refractivity contribution in [2.24, 2.45) is 0 Å². The number of piperidine rings is 1. The average Bonchev–Trinajstić information content (AvgIpc) is 2.70. The molecule has 0 saturated carbocycles. The first-order valence-electron chi connectivity index (χ1n) is 6.02. The molecule has 0 aromatic heterocycles. The van der Waals surface area contributed by atoms with E-state index >= 15 is 0 Å². The molecule has 0 atom stereocenters. The van der Waals surface area contributed by atoms with Crippen molar-refractivity contribution in [3.63, 3.8) is 0 Å². The Balaban J connectivity index is 2.01. The summed E-state index contributed by atoms with van der Waals surface area (Å²) in [5.41, 5.74) is -0.271. The maximum Gasteiger partial charge on any atom is 0.279 e. The number of nitrogens with one attached hydrogen (secondary N) is 2. The van der Waals surface area contributed by atoms with E-state index in [0.29, 0.717) is 13.1 Å². The fourth-order valence-electron chi connectivity index (χ4n) is 2.39. The van der Waals surface area contributed by atoms with E-state index in [0.717, 1.165) is 38.8 Å². The first-order valence-corrected chi connectivity index (χ1v) is 7.46. The molecule has 2 aliphatic rings. The van der Waals surface area contributed by atoms with Crippen LogP contribution in [-0.4, -0.2) is 44.4 Å². The Morgan fingerprint density at radius 2 is 1.75 bits per heavy atom. The number of rotatable bonds is 3. The second-order valence-electron chi connectivity index (χ2n) is 5.02. The van der Waals surface area contributed by atoms with Crippen LogP contribution in [0.4, 0.5) is 0 Å². The molecule has 0 aromatic rings. The van der Waals surface area contributed by atoms with E-state index in [2.05, 4.69) is 10.0 Å². The lowest BCUT2D eigenvalue weighted by Crippen LogP contribution is -2.55. The molecule has 5 nitrogen and oxygen atoms in total. The van der Waals surface area contributed by atoms with Gasteiger partial charge >= 0.3 is 0 Å².